The van der Waals surface area contributed by atoms with E-state index in [1.54, 1.807) is 0 Å². The van der Waals surface area contributed by atoms with E-state index in [1.807, 2.05) is 0 Å². The summed E-state index contributed by atoms with van der Waals surface area (Å²) in [5.41, 5.74) is 2.02. The van der Waals surface area contributed by atoms with Crippen LogP contribution in [0.2, 0.25) is 0 Å². The summed E-state index contributed by atoms with van der Waals surface area (Å²) < 4.78 is 0. The van der Waals surface area contributed by atoms with Crippen LogP contribution in [0.25, 0.3) is 0 Å². The minimum atomic E-state index is 0.691. The van der Waals surface area contributed by atoms with Crippen LogP contribution in [0.1, 0.15) is 46.5 Å². The molecule has 2 saturated heterocycles. The van der Waals surface area contributed by atoms with E-state index in [2.05, 4.69) is 37.1 Å². The first-order valence-electron chi connectivity index (χ1n) is 8.08. The minimum Gasteiger partial charge on any atom is -0.303 e. The number of piperidine rings is 1. The molecule has 2 rings (SSSR count). The Balaban J connectivity index is 1.62. The lowest BCUT2D eigenvalue weighted by Crippen LogP contribution is -2.60. The van der Waals surface area contributed by atoms with E-state index >= 15 is 0 Å². The quantitative estimate of drug-likeness (QED) is 0.679. The third-order valence-electron chi connectivity index (χ3n) is 4.74. The van der Waals surface area contributed by atoms with Crippen molar-refractivity contribution in [1.29, 1.82) is 0 Å². The lowest BCUT2D eigenvalue weighted by atomic mass is 9.72. The van der Waals surface area contributed by atoms with Crippen molar-refractivity contribution in [3.8, 4) is 0 Å². The van der Waals surface area contributed by atoms with Crippen molar-refractivity contribution in [3.05, 3.63) is 12.2 Å². The molecule has 0 unspecified atom stereocenters. The summed E-state index contributed by atoms with van der Waals surface area (Å²) in [6.07, 6.45) is 5.35. The highest BCUT2D eigenvalue weighted by atomic mass is 15.2. The fourth-order valence-electron chi connectivity index (χ4n) is 3.71. The molecule has 1 spiro atoms. The molecular formula is C17H32N2. The van der Waals surface area contributed by atoms with Gasteiger partial charge in [0.05, 0.1) is 0 Å². The van der Waals surface area contributed by atoms with E-state index in [9.17, 15) is 0 Å². The molecule has 0 saturated carbocycles. The average Bonchev–Trinajstić information content (AvgIpc) is 2.28. The highest BCUT2D eigenvalue weighted by Crippen LogP contribution is 2.40. The van der Waals surface area contributed by atoms with Crippen molar-refractivity contribution >= 4 is 0 Å². The van der Waals surface area contributed by atoms with Crippen LogP contribution in [0, 0.1) is 11.3 Å². The Labute approximate surface area is 119 Å². The molecular weight excluding hydrogens is 232 g/mol. The molecule has 0 aliphatic carbocycles. The Morgan fingerprint density at radius 1 is 1.16 bits per heavy atom. The fourth-order valence-corrected chi connectivity index (χ4v) is 3.71. The first kappa shape index (κ1) is 15.1. The largest absolute Gasteiger partial charge is 0.303 e. The van der Waals surface area contributed by atoms with Crippen molar-refractivity contribution in [2.24, 2.45) is 11.3 Å². The summed E-state index contributed by atoms with van der Waals surface area (Å²) in [5, 5.41) is 0. The van der Waals surface area contributed by atoms with Gasteiger partial charge < -0.3 is 9.80 Å². The van der Waals surface area contributed by atoms with E-state index < -0.39 is 0 Å². The van der Waals surface area contributed by atoms with Gasteiger partial charge in [0.2, 0.25) is 0 Å². The van der Waals surface area contributed by atoms with Gasteiger partial charge in [-0.1, -0.05) is 19.4 Å². The van der Waals surface area contributed by atoms with Crippen molar-refractivity contribution < 1.29 is 0 Å². The predicted molar refractivity (Wildman–Crippen MR) is 83.4 cm³/mol. The molecule has 0 bridgehead atoms. The van der Waals surface area contributed by atoms with Gasteiger partial charge in [0.15, 0.2) is 0 Å². The zero-order valence-electron chi connectivity index (χ0n) is 13.2. The molecule has 2 nitrogen and oxygen atoms in total. The van der Waals surface area contributed by atoms with Gasteiger partial charge in [0.25, 0.3) is 0 Å². The molecule has 0 aromatic heterocycles. The normalized spacial score (nSPS) is 23.8. The van der Waals surface area contributed by atoms with Gasteiger partial charge in [0.1, 0.15) is 0 Å². The molecule has 0 amide bonds. The summed E-state index contributed by atoms with van der Waals surface area (Å²) >= 11 is 0. The van der Waals surface area contributed by atoms with E-state index in [0.717, 1.165) is 5.92 Å². The Bertz CT molecular complexity index is 292. The predicted octanol–water partition coefficient (Wildman–Crippen LogP) is 3.40. The number of allylic oxidation sites excluding steroid dienone is 1. The highest BCUT2D eigenvalue weighted by molar-refractivity contribution is 4.98. The maximum atomic E-state index is 3.99. The Morgan fingerprint density at radius 3 is 2.32 bits per heavy atom. The zero-order valence-corrected chi connectivity index (χ0v) is 13.2. The van der Waals surface area contributed by atoms with Crippen molar-refractivity contribution in [2.75, 3.05) is 39.3 Å². The van der Waals surface area contributed by atoms with Crippen LogP contribution < -0.4 is 0 Å². The molecule has 110 valence electrons. The average molecular weight is 264 g/mol. The molecule has 0 radical (unpaired) electrons. The molecule has 0 aromatic rings. The van der Waals surface area contributed by atoms with Gasteiger partial charge in [-0.25, -0.2) is 0 Å². The first-order chi connectivity index (χ1) is 8.99. The monoisotopic (exact) mass is 264 g/mol. The summed E-state index contributed by atoms with van der Waals surface area (Å²) in [6, 6.07) is 0. The summed E-state index contributed by atoms with van der Waals surface area (Å²) in [6.45, 7) is 18.7. The van der Waals surface area contributed by atoms with Crippen LogP contribution in [0.4, 0.5) is 0 Å². The molecule has 2 heteroatoms. The number of hydrogen-bond donors (Lipinski definition) is 0. The van der Waals surface area contributed by atoms with Gasteiger partial charge in [-0.2, -0.15) is 0 Å². The molecule has 19 heavy (non-hydrogen) atoms. The maximum absolute atomic E-state index is 3.99. The van der Waals surface area contributed by atoms with E-state index in [1.165, 1.54) is 70.5 Å². The van der Waals surface area contributed by atoms with Gasteiger partial charge in [-0.3, -0.25) is 0 Å². The van der Waals surface area contributed by atoms with Crippen LogP contribution in [0.5, 0.6) is 0 Å². The Morgan fingerprint density at radius 2 is 1.79 bits per heavy atom. The molecule has 0 atom stereocenters. The second-order valence-corrected chi connectivity index (χ2v) is 7.47. The van der Waals surface area contributed by atoms with Gasteiger partial charge in [-0.05, 0) is 63.6 Å². The van der Waals surface area contributed by atoms with Crippen molar-refractivity contribution in [3.63, 3.8) is 0 Å². The smallest absolute Gasteiger partial charge is 0.00514 e. The number of rotatable bonds is 6. The molecule has 0 aromatic carbocycles. The maximum Gasteiger partial charge on any atom is 0.00514 e. The first-order valence-corrected chi connectivity index (χ1v) is 8.08. The van der Waals surface area contributed by atoms with E-state index in [-0.39, 0.29) is 0 Å². The van der Waals surface area contributed by atoms with Gasteiger partial charge >= 0.3 is 0 Å². The standard InChI is InChI=1S/C17H32N2/c1-15(2)6-5-9-19-13-17(14-19)7-10-18(11-8-17)12-16(3)4/h16H,1,5-14H2,2-4H3. The van der Waals surface area contributed by atoms with Crippen LogP contribution in [-0.2, 0) is 0 Å². The highest BCUT2D eigenvalue weighted by Gasteiger charge is 2.44. The van der Waals surface area contributed by atoms with Crippen LogP contribution in [-0.4, -0.2) is 49.1 Å². The SMILES string of the molecule is C=C(C)CCCN1CC2(CCN(CC(C)C)CC2)C1. The third-order valence-corrected chi connectivity index (χ3v) is 4.74. The number of nitrogens with zero attached hydrogens (tertiary/aromatic N) is 2. The van der Waals surface area contributed by atoms with Crippen molar-refractivity contribution in [1.82, 2.24) is 9.80 Å². The second kappa shape index (κ2) is 6.41. The van der Waals surface area contributed by atoms with Crippen molar-refractivity contribution in [2.45, 2.75) is 46.5 Å². The molecule has 2 aliphatic rings. The van der Waals surface area contributed by atoms with Gasteiger partial charge in [-0.15, -0.1) is 6.58 Å². The summed E-state index contributed by atoms with van der Waals surface area (Å²) in [5.74, 6) is 0.814. The lowest BCUT2D eigenvalue weighted by Gasteiger charge is -2.54. The number of likely N-dealkylation sites (tertiary alicyclic amines) is 2. The molecule has 2 heterocycles. The van der Waals surface area contributed by atoms with Crippen LogP contribution in [0.15, 0.2) is 12.2 Å². The molecule has 0 N–H and O–H groups in total. The fraction of sp³-hybridized carbons (Fsp3) is 0.882. The second-order valence-electron chi connectivity index (χ2n) is 7.47. The number of hydrogen-bond acceptors (Lipinski definition) is 2. The Hall–Kier alpha value is -0.340. The van der Waals surface area contributed by atoms with E-state index in [0.29, 0.717) is 5.41 Å². The van der Waals surface area contributed by atoms with E-state index in [4.69, 9.17) is 0 Å². The Kier molecular flexibility index (Phi) is 5.08. The zero-order chi connectivity index (χ0) is 13.9. The lowest BCUT2D eigenvalue weighted by molar-refractivity contribution is -0.0479. The molecule has 2 aliphatic heterocycles. The molecule has 2 fully saturated rings. The van der Waals surface area contributed by atoms with Crippen LogP contribution >= 0.6 is 0 Å². The topological polar surface area (TPSA) is 6.48 Å². The summed E-state index contributed by atoms with van der Waals surface area (Å²) in [4.78, 5) is 5.32. The van der Waals surface area contributed by atoms with Gasteiger partial charge in [0, 0.05) is 19.6 Å². The van der Waals surface area contributed by atoms with Crippen LogP contribution in [0.3, 0.4) is 0 Å². The summed E-state index contributed by atoms with van der Waals surface area (Å²) in [7, 11) is 0. The third kappa shape index (κ3) is 4.32. The minimum absolute atomic E-state index is 0.691.